The van der Waals surface area contributed by atoms with E-state index in [0.29, 0.717) is 5.92 Å². The largest absolute Gasteiger partial charge is 0.359 e. The Kier molecular flexibility index (Phi) is 3.31. The summed E-state index contributed by atoms with van der Waals surface area (Å²) in [7, 11) is 1.71. The number of nitrogens with one attached hydrogen (secondary N) is 2. The summed E-state index contributed by atoms with van der Waals surface area (Å²) in [6.45, 7) is 6.13. The zero-order valence-electron chi connectivity index (χ0n) is 8.81. The predicted molar refractivity (Wildman–Crippen MR) is 53.4 cm³/mol. The summed E-state index contributed by atoms with van der Waals surface area (Å²) in [5.74, 6) is 0.627. The molecule has 1 rings (SSSR count). The van der Waals surface area contributed by atoms with Crippen molar-refractivity contribution in [3.63, 3.8) is 0 Å². The van der Waals surface area contributed by atoms with Crippen LogP contribution in [0.2, 0.25) is 0 Å². The van der Waals surface area contributed by atoms with Gasteiger partial charge in [0.15, 0.2) is 0 Å². The van der Waals surface area contributed by atoms with Crippen LogP contribution in [0.1, 0.15) is 26.7 Å². The number of hydrogen-bond acceptors (Lipinski definition) is 2. The van der Waals surface area contributed by atoms with Crippen LogP contribution in [-0.2, 0) is 4.79 Å². The zero-order valence-corrected chi connectivity index (χ0v) is 8.81. The molecule has 1 heterocycles. The Morgan fingerprint density at radius 2 is 2.23 bits per heavy atom. The molecule has 3 nitrogen and oxygen atoms in total. The summed E-state index contributed by atoms with van der Waals surface area (Å²) >= 11 is 0. The number of amides is 1. The first-order chi connectivity index (χ1) is 6.09. The van der Waals surface area contributed by atoms with Crippen LogP contribution in [0, 0.1) is 11.3 Å². The molecule has 3 heteroatoms. The van der Waals surface area contributed by atoms with Gasteiger partial charge in [0, 0.05) is 12.5 Å². The highest BCUT2D eigenvalue weighted by molar-refractivity contribution is 5.81. The van der Waals surface area contributed by atoms with E-state index in [9.17, 15) is 4.79 Å². The van der Waals surface area contributed by atoms with E-state index < -0.39 is 0 Å². The van der Waals surface area contributed by atoms with Gasteiger partial charge < -0.3 is 10.6 Å². The Balaban J connectivity index is 2.60. The van der Waals surface area contributed by atoms with E-state index in [4.69, 9.17) is 0 Å². The van der Waals surface area contributed by atoms with Gasteiger partial charge in [-0.3, -0.25) is 4.79 Å². The van der Waals surface area contributed by atoms with Crippen LogP contribution >= 0.6 is 0 Å². The molecule has 1 saturated heterocycles. The standard InChI is InChI=1S/C10H20N2O/c1-10(2,9(13)11-3)8-5-4-6-12-7-8/h8,12H,4-7H2,1-3H3,(H,11,13)/t8-/m1/s1. The molecule has 1 atom stereocenters. The van der Waals surface area contributed by atoms with Gasteiger partial charge in [0.2, 0.25) is 5.91 Å². The minimum Gasteiger partial charge on any atom is -0.359 e. The van der Waals surface area contributed by atoms with E-state index in [-0.39, 0.29) is 11.3 Å². The molecule has 13 heavy (non-hydrogen) atoms. The van der Waals surface area contributed by atoms with Gasteiger partial charge in [0.05, 0.1) is 0 Å². The van der Waals surface area contributed by atoms with E-state index in [2.05, 4.69) is 10.6 Å². The van der Waals surface area contributed by atoms with Gasteiger partial charge in [-0.05, 0) is 31.8 Å². The van der Waals surface area contributed by atoms with Crippen molar-refractivity contribution in [2.75, 3.05) is 20.1 Å². The lowest BCUT2D eigenvalue weighted by Crippen LogP contribution is -2.46. The Hall–Kier alpha value is -0.570. The Labute approximate surface area is 80.3 Å². The molecule has 0 unspecified atom stereocenters. The molecule has 2 N–H and O–H groups in total. The minimum atomic E-state index is -0.234. The Morgan fingerprint density at radius 3 is 2.69 bits per heavy atom. The smallest absolute Gasteiger partial charge is 0.225 e. The van der Waals surface area contributed by atoms with Crippen molar-refractivity contribution >= 4 is 5.91 Å². The molecule has 76 valence electrons. The van der Waals surface area contributed by atoms with E-state index in [1.165, 1.54) is 6.42 Å². The number of hydrogen-bond donors (Lipinski definition) is 2. The molecule has 0 saturated carbocycles. The first-order valence-electron chi connectivity index (χ1n) is 5.02. The third kappa shape index (κ3) is 2.21. The van der Waals surface area contributed by atoms with E-state index in [1.807, 2.05) is 13.8 Å². The van der Waals surface area contributed by atoms with Gasteiger partial charge in [-0.2, -0.15) is 0 Å². The van der Waals surface area contributed by atoms with Crippen LogP contribution in [0.3, 0.4) is 0 Å². The normalized spacial score (nSPS) is 24.1. The molecule has 1 aliphatic rings. The van der Waals surface area contributed by atoms with Crippen LogP contribution in [0.25, 0.3) is 0 Å². The van der Waals surface area contributed by atoms with Crippen molar-refractivity contribution in [3.8, 4) is 0 Å². The summed E-state index contributed by atoms with van der Waals surface area (Å²) in [4.78, 5) is 11.6. The van der Waals surface area contributed by atoms with Crippen molar-refractivity contribution < 1.29 is 4.79 Å². The second-order valence-electron chi connectivity index (χ2n) is 4.34. The summed E-state index contributed by atoms with van der Waals surface area (Å²) in [5.41, 5.74) is -0.234. The molecule has 0 aromatic carbocycles. The maximum Gasteiger partial charge on any atom is 0.225 e. The van der Waals surface area contributed by atoms with Gasteiger partial charge in [-0.15, -0.1) is 0 Å². The highest BCUT2D eigenvalue weighted by Crippen LogP contribution is 2.31. The highest BCUT2D eigenvalue weighted by atomic mass is 16.2. The van der Waals surface area contributed by atoms with Gasteiger partial charge in [-0.1, -0.05) is 13.8 Å². The molecule has 0 bridgehead atoms. The predicted octanol–water partition coefficient (Wildman–Crippen LogP) is 0.758. The molecule has 0 aliphatic carbocycles. The second kappa shape index (κ2) is 4.09. The molecule has 1 amide bonds. The van der Waals surface area contributed by atoms with Gasteiger partial charge in [0.25, 0.3) is 0 Å². The Morgan fingerprint density at radius 1 is 1.54 bits per heavy atom. The van der Waals surface area contributed by atoms with Crippen molar-refractivity contribution in [1.82, 2.24) is 10.6 Å². The quantitative estimate of drug-likeness (QED) is 0.665. The van der Waals surface area contributed by atoms with Crippen LogP contribution in [0.15, 0.2) is 0 Å². The average molecular weight is 184 g/mol. The van der Waals surface area contributed by atoms with Crippen LogP contribution in [0.5, 0.6) is 0 Å². The van der Waals surface area contributed by atoms with Gasteiger partial charge in [0.1, 0.15) is 0 Å². The minimum absolute atomic E-state index is 0.154. The molecule has 0 radical (unpaired) electrons. The van der Waals surface area contributed by atoms with E-state index >= 15 is 0 Å². The van der Waals surface area contributed by atoms with Crippen molar-refractivity contribution in [1.29, 1.82) is 0 Å². The van der Waals surface area contributed by atoms with Gasteiger partial charge >= 0.3 is 0 Å². The summed E-state index contributed by atoms with van der Waals surface area (Å²) < 4.78 is 0. The van der Waals surface area contributed by atoms with Crippen molar-refractivity contribution in [2.24, 2.45) is 11.3 Å². The first-order valence-corrected chi connectivity index (χ1v) is 5.02. The van der Waals surface area contributed by atoms with Crippen LogP contribution < -0.4 is 10.6 Å². The van der Waals surface area contributed by atoms with E-state index in [1.54, 1.807) is 7.05 Å². The highest BCUT2D eigenvalue weighted by Gasteiger charge is 2.36. The topological polar surface area (TPSA) is 41.1 Å². The monoisotopic (exact) mass is 184 g/mol. The lowest BCUT2D eigenvalue weighted by atomic mass is 9.74. The number of carbonyl (C=O) groups excluding carboxylic acids is 1. The second-order valence-corrected chi connectivity index (χ2v) is 4.34. The lowest BCUT2D eigenvalue weighted by molar-refractivity contribution is -0.132. The number of piperidine rings is 1. The molecule has 1 aliphatic heterocycles. The van der Waals surface area contributed by atoms with E-state index in [0.717, 1.165) is 19.5 Å². The summed E-state index contributed by atoms with van der Waals surface area (Å²) in [6.07, 6.45) is 2.35. The summed E-state index contributed by atoms with van der Waals surface area (Å²) in [6, 6.07) is 0. The fraction of sp³-hybridized carbons (Fsp3) is 0.900. The third-order valence-electron chi connectivity index (χ3n) is 3.13. The number of rotatable bonds is 2. The van der Waals surface area contributed by atoms with Gasteiger partial charge in [-0.25, -0.2) is 0 Å². The van der Waals surface area contributed by atoms with Crippen molar-refractivity contribution in [2.45, 2.75) is 26.7 Å². The maximum absolute atomic E-state index is 11.6. The third-order valence-corrected chi connectivity index (χ3v) is 3.13. The molecule has 1 fully saturated rings. The zero-order chi connectivity index (χ0) is 9.90. The molecule has 0 aromatic heterocycles. The molecule has 0 spiro atoms. The van der Waals surface area contributed by atoms with Crippen LogP contribution in [-0.4, -0.2) is 26.0 Å². The molecular weight excluding hydrogens is 164 g/mol. The fourth-order valence-electron chi connectivity index (χ4n) is 1.98. The first kappa shape index (κ1) is 10.5. The van der Waals surface area contributed by atoms with Crippen LogP contribution in [0.4, 0.5) is 0 Å². The Bertz CT molecular complexity index is 183. The lowest BCUT2D eigenvalue weighted by Gasteiger charge is -2.35. The molecule has 0 aromatic rings. The average Bonchev–Trinajstić information content (AvgIpc) is 2.18. The number of carbonyl (C=O) groups is 1. The summed E-state index contributed by atoms with van der Waals surface area (Å²) in [5, 5.41) is 6.08. The SMILES string of the molecule is CNC(=O)C(C)(C)[C@@H]1CCCNC1. The fourth-order valence-corrected chi connectivity index (χ4v) is 1.98. The molecular formula is C10H20N2O. The maximum atomic E-state index is 11.6. The van der Waals surface area contributed by atoms with Crippen molar-refractivity contribution in [3.05, 3.63) is 0 Å².